The Balaban J connectivity index is 1.45. The number of fused-ring (bicyclic) bond motifs is 1. The number of hydrogen-bond donors (Lipinski definition) is 1. The topological polar surface area (TPSA) is 79.4 Å². The lowest BCUT2D eigenvalue weighted by molar-refractivity contribution is -0.191. The van der Waals surface area contributed by atoms with Gasteiger partial charge in [-0.3, -0.25) is 4.79 Å². The number of nitrogens with zero attached hydrogens (tertiary/aromatic N) is 2. The van der Waals surface area contributed by atoms with Gasteiger partial charge in [0.25, 0.3) is 0 Å². The predicted molar refractivity (Wildman–Crippen MR) is 123 cm³/mol. The number of nitrogens with one attached hydrogen (secondary N) is 1. The monoisotopic (exact) mass is 533 g/mol. The Morgan fingerprint density at radius 3 is 2.46 bits per heavy atom. The normalized spacial score (nSPS) is 22.8. The molecule has 1 aromatic carbocycles. The molecular weight excluding hydrogens is 510 g/mol. The molecule has 1 amide bonds. The SMILES string of the molecule is CN(C(=O)C1CC(S(C)(=O)=O)C1)[C@@H](c1ccc(NC2Cc3ccc(Cl)c(F)c3C2)nc1)C(F)(F)F. The van der Waals surface area contributed by atoms with Crippen LogP contribution in [0.15, 0.2) is 30.5 Å². The van der Waals surface area contributed by atoms with E-state index in [4.69, 9.17) is 11.6 Å². The highest BCUT2D eigenvalue weighted by Crippen LogP contribution is 2.41. The molecule has 6 nitrogen and oxygen atoms in total. The molecule has 35 heavy (non-hydrogen) atoms. The maximum absolute atomic E-state index is 14.2. The van der Waals surface area contributed by atoms with Crippen LogP contribution < -0.4 is 5.32 Å². The number of rotatable bonds is 6. The van der Waals surface area contributed by atoms with Gasteiger partial charge in [0, 0.05) is 37.0 Å². The van der Waals surface area contributed by atoms with E-state index in [9.17, 15) is 30.8 Å². The maximum atomic E-state index is 14.2. The molecule has 1 N–H and O–H groups in total. The molecule has 1 unspecified atom stereocenters. The van der Waals surface area contributed by atoms with E-state index in [0.717, 1.165) is 25.1 Å². The van der Waals surface area contributed by atoms with Gasteiger partial charge in [-0.05, 0) is 48.9 Å². The summed E-state index contributed by atoms with van der Waals surface area (Å²) in [4.78, 5) is 17.4. The van der Waals surface area contributed by atoms with Gasteiger partial charge in [0.15, 0.2) is 6.04 Å². The lowest BCUT2D eigenvalue weighted by atomic mass is 9.83. The summed E-state index contributed by atoms with van der Waals surface area (Å²) < 4.78 is 79.2. The van der Waals surface area contributed by atoms with Crippen LogP contribution in [0.4, 0.5) is 23.4 Å². The minimum absolute atomic E-state index is 0.0171. The molecule has 1 heterocycles. The molecule has 0 spiro atoms. The fraction of sp³-hybridized carbons (Fsp3) is 0.478. The van der Waals surface area contributed by atoms with E-state index in [-0.39, 0.29) is 29.5 Å². The second kappa shape index (κ2) is 9.24. The number of benzene rings is 1. The number of anilines is 1. The molecule has 2 aromatic rings. The number of aromatic nitrogens is 1. The second-order valence-electron chi connectivity index (χ2n) is 9.24. The second-order valence-corrected chi connectivity index (χ2v) is 12.0. The first kappa shape index (κ1) is 25.7. The van der Waals surface area contributed by atoms with Crippen LogP contribution in [0.1, 0.15) is 35.6 Å². The third kappa shape index (κ3) is 5.25. The zero-order valence-electron chi connectivity index (χ0n) is 18.9. The third-order valence-corrected chi connectivity index (χ3v) is 8.65. The van der Waals surface area contributed by atoms with Crippen molar-refractivity contribution in [3.8, 4) is 0 Å². The van der Waals surface area contributed by atoms with E-state index >= 15 is 0 Å². The Bertz CT molecular complexity index is 1230. The minimum atomic E-state index is -4.76. The molecule has 0 bridgehead atoms. The van der Waals surface area contributed by atoms with Crippen molar-refractivity contribution in [2.75, 3.05) is 18.6 Å². The number of halogens is 5. The molecule has 0 aliphatic heterocycles. The molecule has 190 valence electrons. The number of amides is 1. The lowest BCUT2D eigenvalue weighted by Gasteiger charge is -2.38. The summed E-state index contributed by atoms with van der Waals surface area (Å²) >= 11 is 5.84. The van der Waals surface area contributed by atoms with E-state index in [1.54, 1.807) is 6.07 Å². The van der Waals surface area contributed by atoms with Gasteiger partial charge in [-0.25, -0.2) is 17.8 Å². The average molecular weight is 534 g/mol. The van der Waals surface area contributed by atoms with Crippen molar-refractivity contribution in [2.24, 2.45) is 5.92 Å². The average Bonchev–Trinajstić information content (AvgIpc) is 3.12. The maximum Gasteiger partial charge on any atom is 0.413 e. The van der Waals surface area contributed by atoms with Crippen molar-refractivity contribution in [3.05, 3.63) is 58.0 Å². The lowest BCUT2D eigenvalue weighted by Crippen LogP contribution is -2.48. The smallest absolute Gasteiger partial charge is 0.367 e. The van der Waals surface area contributed by atoms with Gasteiger partial charge in [-0.2, -0.15) is 13.2 Å². The van der Waals surface area contributed by atoms with Gasteiger partial charge >= 0.3 is 6.18 Å². The van der Waals surface area contributed by atoms with E-state index in [1.807, 2.05) is 0 Å². The largest absolute Gasteiger partial charge is 0.413 e. The van der Waals surface area contributed by atoms with Crippen LogP contribution in [0, 0.1) is 11.7 Å². The number of carbonyl (C=O) groups is 1. The third-order valence-electron chi connectivity index (χ3n) is 6.76. The number of pyridine rings is 1. The van der Waals surface area contributed by atoms with Crippen LogP contribution in [0.2, 0.25) is 5.02 Å². The van der Waals surface area contributed by atoms with Crippen LogP contribution >= 0.6 is 11.6 Å². The fourth-order valence-corrected chi connectivity index (χ4v) is 6.10. The van der Waals surface area contributed by atoms with Crippen molar-refractivity contribution >= 4 is 33.2 Å². The van der Waals surface area contributed by atoms with Crippen LogP contribution in [0.25, 0.3) is 0 Å². The quantitative estimate of drug-likeness (QED) is 0.559. The highest BCUT2D eigenvalue weighted by Gasteiger charge is 2.49. The van der Waals surface area contributed by atoms with Crippen molar-refractivity contribution in [1.29, 1.82) is 0 Å². The molecule has 0 saturated heterocycles. The predicted octanol–water partition coefficient (Wildman–Crippen LogP) is 4.34. The van der Waals surface area contributed by atoms with Gasteiger partial charge < -0.3 is 10.2 Å². The summed E-state index contributed by atoms with van der Waals surface area (Å²) in [6, 6.07) is 3.46. The summed E-state index contributed by atoms with van der Waals surface area (Å²) in [6.07, 6.45) is -1.73. The van der Waals surface area contributed by atoms with Gasteiger partial charge in [-0.1, -0.05) is 23.7 Å². The molecule has 4 rings (SSSR count). The van der Waals surface area contributed by atoms with E-state index in [0.29, 0.717) is 29.1 Å². The molecule has 2 aliphatic carbocycles. The summed E-state index contributed by atoms with van der Waals surface area (Å²) in [7, 11) is -2.27. The van der Waals surface area contributed by atoms with Crippen LogP contribution in [-0.2, 0) is 27.5 Å². The van der Waals surface area contributed by atoms with Gasteiger partial charge in [0.2, 0.25) is 5.91 Å². The zero-order chi connectivity index (χ0) is 25.7. The number of carbonyl (C=O) groups excluding carboxylic acids is 1. The number of alkyl halides is 3. The Hall–Kier alpha value is -2.40. The number of hydrogen-bond acceptors (Lipinski definition) is 5. The Labute approximate surface area is 205 Å². The molecule has 2 atom stereocenters. The van der Waals surface area contributed by atoms with Gasteiger partial charge in [0.1, 0.15) is 21.5 Å². The zero-order valence-corrected chi connectivity index (χ0v) is 20.5. The summed E-state index contributed by atoms with van der Waals surface area (Å²) in [5, 5.41) is 2.45. The molecule has 1 saturated carbocycles. The summed E-state index contributed by atoms with van der Waals surface area (Å²) in [5.74, 6) is -1.66. The van der Waals surface area contributed by atoms with Crippen molar-refractivity contribution in [2.45, 2.75) is 49.2 Å². The van der Waals surface area contributed by atoms with E-state index in [1.165, 1.54) is 18.2 Å². The highest BCUT2D eigenvalue weighted by atomic mass is 35.5. The van der Waals surface area contributed by atoms with E-state index in [2.05, 4.69) is 10.3 Å². The molecule has 2 aliphatic rings. The van der Waals surface area contributed by atoms with E-state index < -0.39 is 44.9 Å². The van der Waals surface area contributed by atoms with Gasteiger partial charge in [0.05, 0.1) is 10.3 Å². The first-order valence-corrected chi connectivity index (χ1v) is 13.3. The van der Waals surface area contributed by atoms with Crippen molar-refractivity contribution < 1.29 is 30.8 Å². The summed E-state index contributed by atoms with van der Waals surface area (Å²) in [5.41, 5.74) is 1.11. The minimum Gasteiger partial charge on any atom is -0.367 e. The van der Waals surface area contributed by atoms with Crippen LogP contribution in [0.3, 0.4) is 0 Å². The van der Waals surface area contributed by atoms with Gasteiger partial charge in [-0.15, -0.1) is 0 Å². The Morgan fingerprint density at radius 1 is 1.20 bits per heavy atom. The first-order chi connectivity index (χ1) is 16.3. The number of sulfone groups is 1. The molecule has 12 heteroatoms. The molecule has 1 aromatic heterocycles. The standard InChI is InChI=1S/C23H24ClF4N3O3S/c1-31(22(32)14-8-16(9-14)35(2,33)34)21(23(26,27)28)13-4-6-19(29-11-13)30-15-7-12-3-5-18(24)20(25)17(12)10-15/h3-6,11,14-16,21H,7-10H2,1-2H3,(H,29,30)/t14?,15?,16?,21-/m0/s1. The fourth-order valence-electron chi connectivity index (χ4n) is 4.76. The van der Waals surface area contributed by atoms with Crippen LogP contribution in [0.5, 0.6) is 0 Å². The molecule has 1 fully saturated rings. The first-order valence-electron chi connectivity index (χ1n) is 11.0. The molecular formula is C23H24ClF4N3O3S. The van der Waals surface area contributed by atoms with Crippen molar-refractivity contribution in [1.82, 2.24) is 9.88 Å². The molecule has 0 radical (unpaired) electrons. The van der Waals surface area contributed by atoms with Crippen LogP contribution in [-0.4, -0.2) is 55.0 Å². The highest BCUT2D eigenvalue weighted by molar-refractivity contribution is 7.91. The summed E-state index contributed by atoms with van der Waals surface area (Å²) in [6.45, 7) is 0. The Morgan fingerprint density at radius 2 is 1.89 bits per heavy atom. The Kier molecular flexibility index (Phi) is 6.78. The van der Waals surface area contributed by atoms with Crippen molar-refractivity contribution in [3.63, 3.8) is 0 Å².